The van der Waals surface area contributed by atoms with Gasteiger partial charge in [-0.2, -0.15) is 9.78 Å². The number of amides is 2. The van der Waals surface area contributed by atoms with Crippen molar-refractivity contribution in [2.75, 3.05) is 10.6 Å². The topological polar surface area (TPSA) is 93.1 Å². The molecule has 1 aromatic heterocycles. The number of hydrogen-bond donors (Lipinski definition) is 2. The van der Waals surface area contributed by atoms with E-state index in [0.717, 1.165) is 5.56 Å². The van der Waals surface area contributed by atoms with Crippen molar-refractivity contribution in [3.8, 4) is 5.69 Å². The van der Waals surface area contributed by atoms with Gasteiger partial charge in [0.05, 0.1) is 5.69 Å². The Morgan fingerprint density at radius 3 is 2.22 bits per heavy atom. The SMILES string of the molecule is CC(=O)Nc1cccc(NC(=O)c2ccc(=O)n(-c3ccccc3)n2)c1C. The van der Waals surface area contributed by atoms with Crippen LogP contribution in [0.4, 0.5) is 11.4 Å². The van der Waals surface area contributed by atoms with Crippen molar-refractivity contribution < 1.29 is 9.59 Å². The van der Waals surface area contributed by atoms with Crippen molar-refractivity contribution in [2.45, 2.75) is 13.8 Å². The maximum atomic E-state index is 12.6. The van der Waals surface area contributed by atoms with E-state index in [2.05, 4.69) is 15.7 Å². The van der Waals surface area contributed by atoms with Crippen molar-refractivity contribution in [2.24, 2.45) is 0 Å². The second-order valence-electron chi connectivity index (χ2n) is 5.92. The van der Waals surface area contributed by atoms with Gasteiger partial charge in [-0.1, -0.05) is 24.3 Å². The first kappa shape index (κ1) is 18.1. The Bertz CT molecular complexity index is 1060. The minimum Gasteiger partial charge on any atom is -0.326 e. The molecule has 0 aliphatic carbocycles. The van der Waals surface area contributed by atoms with E-state index in [9.17, 15) is 14.4 Å². The highest BCUT2D eigenvalue weighted by atomic mass is 16.2. The molecule has 0 spiro atoms. The molecule has 2 aromatic carbocycles. The second-order valence-corrected chi connectivity index (χ2v) is 5.92. The Kier molecular flexibility index (Phi) is 5.12. The molecule has 0 saturated heterocycles. The highest BCUT2D eigenvalue weighted by molar-refractivity contribution is 6.04. The van der Waals surface area contributed by atoms with Crippen molar-refractivity contribution in [1.29, 1.82) is 0 Å². The van der Waals surface area contributed by atoms with Crippen LogP contribution in [0.3, 0.4) is 0 Å². The van der Waals surface area contributed by atoms with Crippen LogP contribution in [0.25, 0.3) is 5.69 Å². The Labute approximate surface area is 155 Å². The van der Waals surface area contributed by atoms with Gasteiger partial charge in [0.1, 0.15) is 5.69 Å². The molecule has 0 radical (unpaired) electrons. The number of benzene rings is 2. The fraction of sp³-hybridized carbons (Fsp3) is 0.100. The summed E-state index contributed by atoms with van der Waals surface area (Å²) >= 11 is 0. The Balaban J connectivity index is 1.90. The van der Waals surface area contributed by atoms with Crippen LogP contribution in [-0.2, 0) is 4.79 Å². The number of para-hydroxylation sites is 1. The minimum absolute atomic E-state index is 0.0998. The fourth-order valence-electron chi connectivity index (χ4n) is 2.57. The zero-order valence-corrected chi connectivity index (χ0v) is 14.9. The molecule has 0 bridgehead atoms. The average molecular weight is 362 g/mol. The maximum Gasteiger partial charge on any atom is 0.276 e. The normalized spacial score (nSPS) is 10.3. The Morgan fingerprint density at radius 1 is 0.889 bits per heavy atom. The number of carbonyl (C=O) groups excluding carboxylic acids is 2. The van der Waals surface area contributed by atoms with E-state index in [-0.39, 0.29) is 17.2 Å². The molecular weight excluding hydrogens is 344 g/mol. The lowest BCUT2D eigenvalue weighted by Gasteiger charge is -2.13. The van der Waals surface area contributed by atoms with Crippen LogP contribution in [0.1, 0.15) is 23.0 Å². The van der Waals surface area contributed by atoms with E-state index in [4.69, 9.17) is 0 Å². The van der Waals surface area contributed by atoms with Crippen molar-refractivity contribution >= 4 is 23.2 Å². The standard InChI is InChI=1S/C20H18N4O3/c1-13-16(21-14(2)25)9-6-10-17(13)22-20(27)18-11-12-19(26)24(23-18)15-7-4-3-5-8-15/h3-12H,1-2H3,(H,21,25)(H,22,27). The number of anilines is 2. The summed E-state index contributed by atoms with van der Waals surface area (Å²) in [5.74, 6) is -0.652. The smallest absolute Gasteiger partial charge is 0.276 e. The van der Waals surface area contributed by atoms with Crippen LogP contribution in [0, 0.1) is 6.92 Å². The summed E-state index contributed by atoms with van der Waals surface area (Å²) in [6.07, 6.45) is 0. The minimum atomic E-state index is -0.456. The molecule has 0 aliphatic heterocycles. The molecule has 1 heterocycles. The molecule has 7 nitrogen and oxygen atoms in total. The highest BCUT2D eigenvalue weighted by Crippen LogP contribution is 2.23. The van der Waals surface area contributed by atoms with Gasteiger partial charge in [-0.25, -0.2) is 0 Å². The lowest BCUT2D eigenvalue weighted by molar-refractivity contribution is -0.114. The third kappa shape index (κ3) is 4.09. The first-order valence-electron chi connectivity index (χ1n) is 8.30. The quantitative estimate of drug-likeness (QED) is 0.746. The van der Waals surface area contributed by atoms with Crippen molar-refractivity contribution in [1.82, 2.24) is 9.78 Å². The molecule has 7 heteroatoms. The van der Waals surface area contributed by atoms with Crippen LogP contribution < -0.4 is 16.2 Å². The molecule has 0 atom stereocenters. The molecule has 0 aliphatic rings. The van der Waals surface area contributed by atoms with Gasteiger partial charge in [0, 0.05) is 24.4 Å². The van der Waals surface area contributed by atoms with E-state index in [1.807, 2.05) is 6.07 Å². The van der Waals surface area contributed by atoms with E-state index in [1.165, 1.54) is 23.7 Å². The van der Waals surface area contributed by atoms with Crippen LogP contribution in [0.15, 0.2) is 65.5 Å². The summed E-state index contributed by atoms with van der Waals surface area (Å²) in [5.41, 5.74) is 2.22. The zero-order chi connectivity index (χ0) is 19.4. The number of nitrogens with one attached hydrogen (secondary N) is 2. The summed E-state index contributed by atoms with van der Waals surface area (Å²) in [6, 6.07) is 16.8. The molecule has 2 amide bonds. The van der Waals surface area contributed by atoms with Crippen molar-refractivity contribution in [3.05, 3.63) is 82.3 Å². The summed E-state index contributed by atoms with van der Waals surface area (Å²) in [4.78, 5) is 36.0. The predicted molar refractivity (Wildman–Crippen MR) is 103 cm³/mol. The monoisotopic (exact) mass is 362 g/mol. The van der Waals surface area contributed by atoms with E-state index >= 15 is 0 Å². The number of nitrogens with zero attached hydrogens (tertiary/aromatic N) is 2. The third-order valence-electron chi connectivity index (χ3n) is 3.93. The summed E-state index contributed by atoms with van der Waals surface area (Å²) in [7, 11) is 0. The molecule has 2 N–H and O–H groups in total. The molecule has 0 fully saturated rings. The van der Waals surface area contributed by atoms with E-state index < -0.39 is 5.91 Å². The van der Waals surface area contributed by atoms with E-state index in [0.29, 0.717) is 17.1 Å². The molecule has 0 unspecified atom stereocenters. The lowest BCUT2D eigenvalue weighted by Crippen LogP contribution is -2.25. The second kappa shape index (κ2) is 7.65. The molecule has 136 valence electrons. The van der Waals surface area contributed by atoms with Gasteiger partial charge in [0.2, 0.25) is 5.91 Å². The average Bonchev–Trinajstić information content (AvgIpc) is 2.65. The van der Waals surface area contributed by atoms with Gasteiger partial charge in [0.15, 0.2) is 0 Å². The number of aromatic nitrogens is 2. The van der Waals surface area contributed by atoms with Gasteiger partial charge in [-0.05, 0) is 42.8 Å². The zero-order valence-electron chi connectivity index (χ0n) is 14.9. The van der Waals surface area contributed by atoms with Crippen LogP contribution in [-0.4, -0.2) is 21.6 Å². The van der Waals surface area contributed by atoms with Gasteiger partial charge in [-0.3, -0.25) is 14.4 Å². The maximum absolute atomic E-state index is 12.6. The molecule has 3 aromatic rings. The predicted octanol–water partition coefficient (Wildman–Crippen LogP) is 2.75. The molecule has 0 saturated carbocycles. The number of rotatable bonds is 4. The largest absolute Gasteiger partial charge is 0.326 e. The Morgan fingerprint density at radius 2 is 1.56 bits per heavy atom. The first-order chi connectivity index (χ1) is 13.0. The summed E-state index contributed by atoms with van der Waals surface area (Å²) in [6.45, 7) is 3.21. The summed E-state index contributed by atoms with van der Waals surface area (Å²) < 4.78 is 1.18. The fourth-order valence-corrected chi connectivity index (χ4v) is 2.57. The molecule has 3 rings (SSSR count). The molecule has 27 heavy (non-hydrogen) atoms. The molecular formula is C20H18N4O3. The van der Waals surface area contributed by atoms with Gasteiger partial charge in [0.25, 0.3) is 11.5 Å². The number of carbonyl (C=O) groups is 2. The van der Waals surface area contributed by atoms with Gasteiger partial charge in [-0.15, -0.1) is 0 Å². The van der Waals surface area contributed by atoms with Crippen molar-refractivity contribution in [3.63, 3.8) is 0 Å². The summed E-state index contributed by atoms with van der Waals surface area (Å²) in [5, 5.41) is 9.64. The van der Waals surface area contributed by atoms with Crippen LogP contribution in [0.5, 0.6) is 0 Å². The van der Waals surface area contributed by atoms with Gasteiger partial charge >= 0.3 is 0 Å². The van der Waals surface area contributed by atoms with E-state index in [1.54, 1.807) is 49.4 Å². The lowest BCUT2D eigenvalue weighted by atomic mass is 10.1. The van der Waals surface area contributed by atoms with Crippen LogP contribution >= 0.6 is 0 Å². The third-order valence-corrected chi connectivity index (χ3v) is 3.93. The first-order valence-corrected chi connectivity index (χ1v) is 8.30. The number of hydrogen-bond acceptors (Lipinski definition) is 4. The Hall–Kier alpha value is -3.74. The van der Waals surface area contributed by atoms with Crippen LogP contribution in [0.2, 0.25) is 0 Å². The highest BCUT2D eigenvalue weighted by Gasteiger charge is 2.13. The van der Waals surface area contributed by atoms with Gasteiger partial charge < -0.3 is 10.6 Å².